The minimum atomic E-state index is -0.335. The molecule has 1 heterocycles. The first-order valence-corrected chi connectivity index (χ1v) is 5.61. The fraction of sp³-hybridized carbons (Fsp3) is 0.667. The lowest BCUT2D eigenvalue weighted by Crippen LogP contribution is -2.25. The van der Waals surface area contributed by atoms with E-state index in [9.17, 15) is 9.59 Å². The summed E-state index contributed by atoms with van der Waals surface area (Å²) in [6, 6.07) is 0. The van der Waals surface area contributed by atoms with Gasteiger partial charge in [-0.3, -0.25) is 4.79 Å². The minimum Gasteiger partial charge on any atom is -0.466 e. The molecule has 0 spiro atoms. The van der Waals surface area contributed by atoms with Gasteiger partial charge in [0.1, 0.15) is 0 Å². The Balaban J connectivity index is 2.50. The zero-order chi connectivity index (χ0) is 12.1. The molecule has 0 radical (unpaired) electrons. The highest BCUT2D eigenvalue weighted by Gasteiger charge is 2.27. The van der Waals surface area contributed by atoms with Gasteiger partial charge >= 0.3 is 5.97 Å². The first kappa shape index (κ1) is 12.7. The number of ether oxygens (including phenoxy) is 1. The molecule has 1 rings (SSSR count). The maximum absolute atomic E-state index is 11.6. The van der Waals surface area contributed by atoms with E-state index in [1.54, 1.807) is 17.9 Å². The summed E-state index contributed by atoms with van der Waals surface area (Å²) >= 11 is 0. The smallest absolute Gasteiger partial charge is 0.333 e. The SMILES string of the molecule is CCC1CC(=O)N(CC=C(C)C(=O)OC)C1. The summed E-state index contributed by atoms with van der Waals surface area (Å²) in [5.41, 5.74) is 0.551. The Morgan fingerprint density at radius 2 is 2.31 bits per heavy atom. The van der Waals surface area contributed by atoms with Crippen LogP contribution in [-0.2, 0) is 14.3 Å². The van der Waals surface area contributed by atoms with E-state index in [1.807, 2.05) is 0 Å². The number of likely N-dealkylation sites (tertiary alicyclic amines) is 1. The number of nitrogens with zero attached hydrogens (tertiary/aromatic N) is 1. The molecule has 1 fully saturated rings. The first-order valence-electron chi connectivity index (χ1n) is 5.61. The van der Waals surface area contributed by atoms with Gasteiger partial charge in [0.05, 0.1) is 7.11 Å². The van der Waals surface area contributed by atoms with E-state index < -0.39 is 0 Å². The predicted molar refractivity (Wildman–Crippen MR) is 60.8 cm³/mol. The quantitative estimate of drug-likeness (QED) is 0.536. The van der Waals surface area contributed by atoms with Crippen LogP contribution in [-0.4, -0.2) is 37.0 Å². The lowest BCUT2D eigenvalue weighted by Gasteiger charge is -2.14. The molecule has 1 aliphatic heterocycles. The number of hydrogen-bond donors (Lipinski definition) is 0. The molecule has 1 saturated heterocycles. The summed E-state index contributed by atoms with van der Waals surface area (Å²) in [5, 5.41) is 0. The Morgan fingerprint density at radius 3 is 2.81 bits per heavy atom. The van der Waals surface area contributed by atoms with Crippen molar-refractivity contribution in [1.29, 1.82) is 0 Å². The van der Waals surface area contributed by atoms with Crippen molar-refractivity contribution in [3.8, 4) is 0 Å². The Bertz CT molecular complexity index is 309. The average molecular weight is 225 g/mol. The van der Waals surface area contributed by atoms with Gasteiger partial charge in [0.15, 0.2) is 0 Å². The van der Waals surface area contributed by atoms with E-state index in [0.29, 0.717) is 24.5 Å². The fourth-order valence-electron chi connectivity index (χ4n) is 1.80. The Labute approximate surface area is 96.3 Å². The van der Waals surface area contributed by atoms with Crippen molar-refractivity contribution in [3.63, 3.8) is 0 Å². The fourth-order valence-corrected chi connectivity index (χ4v) is 1.80. The summed E-state index contributed by atoms with van der Waals surface area (Å²) in [4.78, 5) is 24.5. The number of carbonyl (C=O) groups excluding carboxylic acids is 2. The molecule has 90 valence electrons. The average Bonchev–Trinajstić information content (AvgIpc) is 2.65. The van der Waals surface area contributed by atoms with E-state index >= 15 is 0 Å². The van der Waals surface area contributed by atoms with Gasteiger partial charge in [0, 0.05) is 25.1 Å². The second kappa shape index (κ2) is 5.68. The molecule has 4 heteroatoms. The second-order valence-corrected chi connectivity index (χ2v) is 4.16. The van der Waals surface area contributed by atoms with Crippen LogP contribution in [0.25, 0.3) is 0 Å². The van der Waals surface area contributed by atoms with Crippen LogP contribution in [0.2, 0.25) is 0 Å². The van der Waals surface area contributed by atoms with Gasteiger partial charge in [0.2, 0.25) is 5.91 Å². The van der Waals surface area contributed by atoms with Gasteiger partial charge in [0.25, 0.3) is 0 Å². The third kappa shape index (κ3) is 3.08. The molecule has 4 nitrogen and oxygen atoms in total. The van der Waals surface area contributed by atoms with Crippen LogP contribution in [0.5, 0.6) is 0 Å². The number of carbonyl (C=O) groups is 2. The Kier molecular flexibility index (Phi) is 4.52. The van der Waals surface area contributed by atoms with Crippen LogP contribution >= 0.6 is 0 Å². The van der Waals surface area contributed by atoms with Gasteiger partial charge in [-0.15, -0.1) is 0 Å². The zero-order valence-corrected chi connectivity index (χ0v) is 10.2. The molecule has 16 heavy (non-hydrogen) atoms. The van der Waals surface area contributed by atoms with E-state index in [1.165, 1.54) is 7.11 Å². The highest BCUT2D eigenvalue weighted by molar-refractivity contribution is 5.87. The normalized spacial score (nSPS) is 21.4. The first-order chi connectivity index (χ1) is 7.58. The lowest BCUT2D eigenvalue weighted by atomic mass is 10.1. The predicted octanol–water partition coefficient (Wildman–Crippen LogP) is 1.36. The maximum Gasteiger partial charge on any atom is 0.333 e. The second-order valence-electron chi connectivity index (χ2n) is 4.16. The van der Waals surface area contributed by atoms with Crippen LogP contribution in [0.1, 0.15) is 26.7 Å². The topological polar surface area (TPSA) is 46.6 Å². The molecular formula is C12H19NO3. The molecule has 0 aromatic rings. The van der Waals surface area contributed by atoms with Gasteiger partial charge in [-0.1, -0.05) is 19.4 Å². The van der Waals surface area contributed by atoms with Gasteiger partial charge < -0.3 is 9.64 Å². The van der Waals surface area contributed by atoms with E-state index in [-0.39, 0.29) is 11.9 Å². The summed E-state index contributed by atoms with van der Waals surface area (Å²) < 4.78 is 4.59. The minimum absolute atomic E-state index is 0.181. The van der Waals surface area contributed by atoms with Gasteiger partial charge in [-0.05, 0) is 12.8 Å². The van der Waals surface area contributed by atoms with Crippen molar-refractivity contribution in [3.05, 3.63) is 11.6 Å². The molecule has 1 amide bonds. The van der Waals surface area contributed by atoms with Crippen molar-refractivity contribution in [1.82, 2.24) is 4.90 Å². The largest absolute Gasteiger partial charge is 0.466 e. The number of hydrogen-bond acceptors (Lipinski definition) is 3. The van der Waals surface area contributed by atoms with Crippen molar-refractivity contribution < 1.29 is 14.3 Å². The standard InChI is InChI=1S/C12H19NO3/c1-4-10-7-11(14)13(8-10)6-5-9(2)12(15)16-3/h5,10H,4,6-8H2,1-3H3. The molecule has 0 N–H and O–H groups in total. The highest BCUT2D eigenvalue weighted by Crippen LogP contribution is 2.20. The summed E-state index contributed by atoms with van der Waals surface area (Å²) in [7, 11) is 1.35. The van der Waals surface area contributed by atoms with Gasteiger partial charge in [-0.25, -0.2) is 4.79 Å². The molecule has 0 aliphatic carbocycles. The summed E-state index contributed by atoms with van der Waals surface area (Å²) in [6.07, 6.45) is 3.42. The van der Waals surface area contributed by atoms with E-state index in [2.05, 4.69) is 11.7 Å². The van der Waals surface area contributed by atoms with E-state index in [0.717, 1.165) is 13.0 Å². The van der Waals surface area contributed by atoms with Gasteiger partial charge in [-0.2, -0.15) is 0 Å². The van der Waals surface area contributed by atoms with Crippen LogP contribution in [0, 0.1) is 5.92 Å². The molecule has 0 bridgehead atoms. The number of amides is 1. The van der Waals surface area contributed by atoms with Crippen molar-refractivity contribution >= 4 is 11.9 Å². The van der Waals surface area contributed by atoms with Crippen LogP contribution in [0.15, 0.2) is 11.6 Å². The molecular weight excluding hydrogens is 206 g/mol. The Hall–Kier alpha value is -1.32. The summed E-state index contributed by atoms with van der Waals surface area (Å²) in [5.74, 6) is 0.318. The molecule has 1 unspecified atom stereocenters. The monoisotopic (exact) mass is 225 g/mol. The van der Waals surface area contributed by atoms with Crippen molar-refractivity contribution in [2.24, 2.45) is 5.92 Å². The number of methoxy groups -OCH3 is 1. The molecule has 1 aliphatic rings. The Morgan fingerprint density at radius 1 is 1.62 bits per heavy atom. The number of esters is 1. The number of rotatable bonds is 4. The molecule has 1 atom stereocenters. The molecule has 0 aromatic carbocycles. The lowest BCUT2D eigenvalue weighted by molar-refractivity contribution is -0.136. The van der Waals surface area contributed by atoms with Crippen LogP contribution < -0.4 is 0 Å². The zero-order valence-electron chi connectivity index (χ0n) is 10.2. The third-order valence-corrected chi connectivity index (χ3v) is 3.00. The maximum atomic E-state index is 11.6. The van der Waals surface area contributed by atoms with Crippen molar-refractivity contribution in [2.45, 2.75) is 26.7 Å². The highest BCUT2D eigenvalue weighted by atomic mass is 16.5. The van der Waals surface area contributed by atoms with Crippen molar-refractivity contribution in [2.75, 3.05) is 20.2 Å². The molecule has 0 saturated carbocycles. The van der Waals surface area contributed by atoms with E-state index in [4.69, 9.17) is 0 Å². The van der Waals surface area contributed by atoms with Crippen LogP contribution in [0.4, 0.5) is 0 Å². The summed E-state index contributed by atoms with van der Waals surface area (Å²) in [6.45, 7) is 5.11. The third-order valence-electron chi connectivity index (χ3n) is 3.00. The molecule has 0 aromatic heterocycles. The van der Waals surface area contributed by atoms with Crippen LogP contribution in [0.3, 0.4) is 0 Å².